The minimum Gasteiger partial charge on any atom is -0.322 e. The molecule has 0 bridgehead atoms. The quantitative estimate of drug-likeness (QED) is 0.726. The summed E-state index contributed by atoms with van der Waals surface area (Å²) in [5.74, 6) is 0. The zero-order chi connectivity index (χ0) is 9.90. The van der Waals surface area contributed by atoms with Crippen LogP contribution >= 0.6 is 0 Å². The molecule has 4 nitrogen and oxygen atoms in total. The van der Waals surface area contributed by atoms with Crippen molar-refractivity contribution in [1.29, 1.82) is 0 Å². The van der Waals surface area contributed by atoms with Gasteiger partial charge < -0.3 is 4.57 Å². The highest BCUT2D eigenvalue weighted by atomic mass is 32.2. The van der Waals surface area contributed by atoms with Crippen LogP contribution in [0.2, 0.25) is 0 Å². The van der Waals surface area contributed by atoms with E-state index in [0.717, 1.165) is 6.26 Å². The van der Waals surface area contributed by atoms with Gasteiger partial charge in [-0.25, -0.2) is 13.4 Å². The van der Waals surface area contributed by atoms with Gasteiger partial charge in [-0.1, -0.05) is 0 Å². The molecule has 0 atom stereocenters. The summed E-state index contributed by atoms with van der Waals surface area (Å²) < 4.78 is 35.5. The van der Waals surface area contributed by atoms with Crippen LogP contribution in [0, 0.1) is 0 Å². The molecule has 13 heavy (non-hydrogen) atoms. The standard InChI is InChI=1S/C7H11FN2O2S/c1-13(11,12)7-9-4-6-10(7)5-2-3-8/h4,6H,2-3,5H2,1H3. The van der Waals surface area contributed by atoms with Gasteiger partial charge in [0.25, 0.3) is 0 Å². The molecule has 0 N–H and O–H groups in total. The molecule has 0 aliphatic carbocycles. The Morgan fingerprint density at radius 2 is 2.31 bits per heavy atom. The molecule has 0 spiro atoms. The fourth-order valence-electron chi connectivity index (χ4n) is 1.02. The van der Waals surface area contributed by atoms with Crippen molar-refractivity contribution in [3.8, 4) is 0 Å². The lowest BCUT2D eigenvalue weighted by Gasteiger charge is -2.03. The smallest absolute Gasteiger partial charge is 0.227 e. The summed E-state index contributed by atoms with van der Waals surface area (Å²) in [6.45, 7) is -0.111. The van der Waals surface area contributed by atoms with E-state index in [1.807, 2.05) is 0 Å². The first-order valence-electron chi connectivity index (χ1n) is 3.83. The van der Waals surface area contributed by atoms with Gasteiger partial charge in [-0.15, -0.1) is 0 Å². The predicted molar refractivity (Wildman–Crippen MR) is 45.9 cm³/mol. The van der Waals surface area contributed by atoms with Gasteiger partial charge in [0, 0.05) is 25.2 Å². The lowest BCUT2D eigenvalue weighted by atomic mass is 10.5. The number of rotatable bonds is 4. The van der Waals surface area contributed by atoms with Crippen LogP contribution in [-0.4, -0.2) is 30.9 Å². The SMILES string of the molecule is CS(=O)(=O)c1nccn1CCCF. The van der Waals surface area contributed by atoms with E-state index < -0.39 is 16.5 Å². The van der Waals surface area contributed by atoms with Crippen molar-refractivity contribution in [2.75, 3.05) is 12.9 Å². The highest BCUT2D eigenvalue weighted by molar-refractivity contribution is 7.90. The third-order valence-corrected chi connectivity index (χ3v) is 2.54. The summed E-state index contributed by atoms with van der Waals surface area (Å²) in [6.07, 6.45) is 4.32. The van der Waals surface area contributed by atoms with Gasteiger partial charge in [0.15, 0.2) is 0 Å². The van der Waals surface area contributed by atoms with Crippen LogP contribution < -0.4 is 0 Å². The fraction of sp³-hybridized carbons (Fsp3) is 0.571. The Labute approximate surface area is 76.3 Å². The van der Waals surface area contributed by atoms with Gasteiger partial charge in [0.2, 0.25) is 15.0 Å². The number of hydrogen-bond donors (Lipinski definition) is 0. The fourth-order valence-corrected chi connectivity index (χ4v) is 1.85. The molecule has 0 fully saturated rings. The third-order valence-electron chi connectivity index (χ3n) is 1.54. The van der Waals surface area contributed by atoms with Gasteiger partial charge in [-0.05, 0) is 6.42 Å². The molecule has 0 radical (unpaired) electrons. The van der Waals surface area contributed by atoms with Gasteiger partial charge in [0.1, 0.15) is 0 Å². The average molecular weight is 206 g/mol. The summed E-state index contributed by atoms with van der Waals surface area (Å²) in [5, 5.41) is 0.000880. The van der Waals surface area contributed by atoms with Crippen molar-refractivity contribution >= 4 is 9.84 Å². The Kier molecular flexibility index (Phi) is 3.02. The highest BCUT2D eigenvalue weighted by Gasteiger charge is 2.13. The number of imidazole rings is 1. The maximum Gasteiger partial charge on any atom is 0.227 e. The van der Waals surface area contributed by atoms with Crippen molar-refractivity contribution < 1.29 is 12.8 Å². The molecule has 0 amide bonds. The molecule has 1 rings (SSSR count). The second-order valence-electron chi connectivity index (χ2n) is 2.72. The molecule has 0 saturated carbocycles. The third kappa shape index (κ3) is 2.51. The van der Waals surface area contributed by atoms with Crippen LogP contribution in [0.4, 0.5) is 4.39 Å². The monoisotopic (exact) mass is 206 g/mol. The van der Waals surface area contributed by atoms with Crippen molar-refractivity contribution in [2.24, 2.45) is 0 Å². The predicted octanol–water partition coefficient (Wildman–Crippen LogP) is 0.646. The summed E-state index contributed by atoms with van der Waals surface area (Å²) in [6, 6.07) is 0. The minimum absolute atomic E-state index is 0.000880. The van der Waals surface area contributed by atoms with Crippen molar-refractivity contribution in [3.63, 3.8) is 0 Å². The molecule has 0 saturated heterocycles. The number of aryl methyl sites for hydroxylation is 1. The number of nitrogens with zero attached hydrogens (tertiary/aromatic N) is 2. The molecule has 0 aliphatic heterocycles. The Hall–Kier alpha value is -0.910. The Morgan fingerprint density at radius 1 is 1.62 bits per heavy atom. The van der Waals surface area contributed by atoms with Crippen molar-refractivity contribution in [3.05, 3.63) is 12.4 Å². The van der Waals surface area contributed by atoms with Crippen molar-refractivity contribution in [2.45, 2.75) is 18.1 Å². The first kappa shape index (κ1) is 10.2. The summed E-state index contributed by atoms with van der Waals surface area (Å²) in [7, 11) is -3.29. The summed E-state index contributed by atoms with van der Waals surface area (Å²) in [4.78, 5) is 3.69. The topological polar surface area (TPSA) is 52.0 Å². The van der Waals surface area contributed by atoms with Crippen LogP contribution in [0.25, 0.3) is 0 Å². The lowest BCUT2D eigenvalue weighted by molar-refractivity contribution is 0.436. The van der Waals surface area contributed by atoms with Gasteiger partial charge in [-0.3, -0.25) is 4.39 Å². The zero-order valence-electron chi connectivity index (χ0n) is 7.27. The number of aromatic nitrogens is 2. The highest BCUT2D eigenvalue weighted by Crippen LogP contribution is 2.06. The summed E-state index contributed by atoms with van der Waals surface area (Å²) in [5.41, 5.74) is 0. The van der Waals surface area contributed by atoms with E-state index in [2.05, 4.69) is 4.98 Å². The molecule has 74 valence electrons. The second kappa shape index (κ2) is 3.87. The van der Waals surface area contributed by atoms with Crippen LogP contribution in [0.15, 0.2) is 17.6 Å². The second-order valence-corrected chi connectivity index (χ2v) is 4.63. The van der Waals surface area contributed by atoms with E-state index in [1.54, 1.807) is 0 Å². The zero-order valence-corrected chi connectivity index (χ0v) is 8.09. The van der Waals surface area contributed by atoms with E-state index >= 15 is 0 Å². The minimum atomic E-state index is -3.29. The molecule has 0 aromatic carbocycles. The van der Waals surface area contributed by atoms with Gasteiger partial charge in [0.05, 0.1) is 6.67 Å². The molecule has 1 aromatic rings. The number of hydrogen-bond acceptors (Lipinski definition) is 3. The lowest BCUT2D eigenvalue weighted by Crippen LogP contribution is -2.09. The number of alkyl halides is 1. The van der Waals surface area contributed by atoms with E-state index in [1.165, 1.54) is 17.0 Å². The van der Waals surface area contributed by atoms with E-state index in [-0.39, 0.29) is 5.16 Å². The van der Waals surface area contributed by atoms with E-state index in [0.29, 0.717) is 13.0 Å². The van der Waals surface area contributed by atoms with E-state index in [4.69, 9.17) is 0 Å². The normalized spacial score (nSPS) is 11.8. The van der Waals surface area contributed by atoms with Crippen LogP contribution in [0.5, 0.6) is 0 Å². The molecule has 0 unspecified atom stereocenters. The van der Waals surface area contributed by atoms with Gasteiger partial charge in [-0.2, -0.15) is 0 Å². The summed E-state index contributed by atoms with van der Waals surface area (Å²) >= 11 is 0. The molecule has 1 heterocycles. The first-order chi connectivity index (χ1) is 6.05. The Bertz CT molecular complexity index is 372. The maximum absolute atomic E-state index is 11.8. The molecule has 1 aromatic heterocycles. The van der Waals surface area contributed by atoms with E-state index in [9.17, 15) is 12.8 Å². The maximum atomic E-state index is 11.8. The Balaban J connectivity index is 2.90. The average Bonchev–Trinajstić information content (AvgIpc) is 2.47. The number of halogens is 1. The largest absolute Gasteiger partial charge is 0.322 e. The Morgan fingerprint density at radius 3 is 2.85 bits per heavy atom. The number of sulfone groups is 1. The van der Waals surface area contributed by atoms with Gasteiger partial charge >= 0.3 is 0 Å². The van der Waals surface area contributed by atoms with Crippen LogP contribution in [-0.2, 0) is 16.4 Å². The molecular weight excluding hydrogens is 195 g/mol. The molecule has 0 aliphatic rings. The molecular formula is C7H11FN2O2S. The molecule has 6 heteroatoms. The first-order valence-corrected chi connectivity index (χ1v) is 5.72. The van der Waals surface area contributed by atoms with Crippen LogP contribution in [0.3, 0.4) is 0 Å². The van der Waals surface area contributed by atoms with Crippen LogP contribution in [0.1, 0.15) is 6.42 Å². The van der Waals surface area contributed by atoms with Crippen molar-refractivity contribution in [1.82, 2.24) is 9.55 Å².